The first-order chi connectivity index (χ1) is 26.2. The third-order valence-corrected chi connectivity index (χ3v) is 7.22. The number of nitrogens with one attached hydrogen (secondary N) is 2. The molecular formula is C38H31BrClF3N4O8. The van der Waals surface area contributed by atoms with E-state index >= 15 is 0 Å². The summed E-state index contributed by atoms with van der Waals surface area (Å²) in [6.07, 6.45) is 2.50. The van der Waals surface area contributed by atoms with E-state index in [9.17, 15) is 32.3 Å². The van der Waals surface area contributed by atoms with Gasteiger partial charge < -0.3 is 18.9 Å². The Morgan fingerprint density at radius 2 is 1.25 bits per heavy atom. The third-order valence-electron chi connectivity index (χ3n) is 6.63. The molecule has 0 aliphatic rings. The monoisotopic (exact) mass is 842 g/mol. The minimum atomic E-state index is -4.53. The molecule has 286 valence electrons. The molecule has 0 spiro atoms. The van der Waals surface area contributed by atoms with E-state index in [2.05, 4.69) is 43.1 Å². The molecule has 0 aromatic heterocycles. The molecule has 0 saturated carbocycles. The highest BCUT2D eigenvalue weighted by molar-refractivity contribution is 9.09. The summed E-state index contributed by atoms with van der Waals surface area (Å²) in [6.45, 7) is 0.0411. The number of hydrogen-bond donors (Lipinski definition) is 2. The zero-order chi connectivity index (χ0) is 40.4. The number of carbonyl (C=O) groups excluding carboxylic acids is 4. The highest BCUT2D eigenvalue weighted by Crippen LogP contribution is 2.32. The number of alkyl halides is 4. The van der Waals surface area contributed by atoms with E-state index in [4.69, 9.17) is 38.7 Å². The maximum absolute atomic E-state index is 12.8. The number of hydrogen-bond acceptors (Lipinski definition) is 8. The third kappa shape index (κ3) is 14.5. The van der Waals surface area contributed by atoms with Gasteiger partial charge in [-0.2, -0.15) is 13.2 Å². The standard InChI is InChI=1S/C19H16BrClN2O4.C19H15F3N2O4/c1-2-11-26-18(24)22-15-6-4-8-17(13-15)27-19(25)23(10-9-20)16-7-3-5-14(21)12-16;1-3-10-27-17(25)23-14-7-5-9-16(12-14)28-18(26)24(2)15-8-4-6-13(11-15)19(20,21)22/h1,3-8,12-13H,9-11H2,(H,22,24);1,4-9,11-12H,10H2,2H3,(H,23,25). The Balaban J connectivity index is 0.000000296. The van der Waals surface area contributed by atoms with Crippen LogP contribution in [-0.2, 0) is 15.7 Å². The predicted molar refractivity (Wildman–Crippen MR) is 205 cm³/mol. The molecule has 0 fully saturated rings. The second-order valence-electron chi connectivity index (χ2n) is 10.5. The van der Waals surface area contributed by atoms with Crippen LogP contribution in [0.2, 0.25) is 5.02 Å². The summed E-state index contributed by atoms with van der Waals surface area (Å²) >= 11 is 9.33. The van der Waals surface area contributed by atoms with Crippen molar-refractivity contribution in [3.05, 3.63) is 108 Å². The van der Waals surface area contributed by atoms with E-state index in [1.54, 1.807) is 42.5 Å². The van der Waals surface area contributed by atoms with Crippen LogP contribution >= 0.6 is 27.5 Å². The first kappa shape index (κ1) is 43.0. The van der Waals surface area contributed by atoms with Crippen LogP contribution in [0, 0.1) is 24.7 Å². The van der Waals surface area contributed by atoms with Crippen molar-refractivity contribution in [3.8, 4) is 36.2 Å². The van der Waals surface area contributed by atoms with Gasteiger partial charge in [-0.05, 0) is 60.7 Å². The fourth-order valence-electron chi connectivity index (χ4n) is 4.17. The van der Waals surface area contributed by atoms with Gasteiger partial charge >= 0.3 is 30.5 Å². The molecule has 4 aromatic rings. The fourth-order valence-corrected chi connectivity index (χ4v) is 4.71. The average Bonchev–Trinajstić information content (AvgIpc) is 3.15. The lowest BCUT2D eigenvalue weighted by Gasteiger charge is -2.21. The summed E-state index contributed by atoms with van der Waals surface area (Å²) < 4.78 is 58.4. The smallest absolute Gasteiger partial charge is 0.419 e. The molecule has 0 unspecified atom stereocenters. The molecule has 0 heterocycles. The molecule has 4 aromatic carbocycles. The first-order valence-electron chi connectivity index (χ1n) is 15.6. The summed E-state index contributed by atoms with van der Waals surface area (Å²) in [6, 6.07) is 23.3. The van der Waals surface area contributed by atoms with E-state index in [1.807, 2.05) is 0 Å². The molecule has 0 bridgehead atoms. The molecule has 4 amide bonds. The van der Waals surface area contributed by atoms with Crippen LogP contribution in [0.25, 0.3) is 0 Å². The van der Waals surface area contributed by atoms with Gasteiger partial charge in [0.05, 0.1) is 5.56 Å². The number of carbonyl (C=O) groups is 4. The number of rotatable bonds is 10. The molecule has 0 atom stereocenters. The molecule has 0 aliphatic carbocycles. The van der Waals surface area contributed by atoms with E-state index in [-0.39, 0.29) is 36.1 Å². The molecule has 4 rings (SSSR count). The van der Waals surface area contributed by atoms with Crippen molar-refractivity contribution < 1.29 is 51.3 Å². The van der Waals surface area contributed by atoms with Gasteiger partial charge in [-0.15, -0.1) is 12.8 Å². The predicted octanol–water partition coefficient (Wildman–Crippen LogP) is 9.44. The maximum atomic E-state index is 12.8. The van der Waals surface area contributed by atoms with Crippen LogP contribution < -0.4 is 29.9 Å². The van der Waals surface area contributed by atoms with Gasteiger partial charge in [0.1, 0.15) is 11.5 Å². The Labute approximate surface area is 327 Å². The van der Waals surface area contributed by atoms with Gasteiger partial charge in [0.2, 0.25) is 0 Å². The minimum Gasteiger partial charge on any atom is -0.436 e. The molecular weight excluding hydrogens is 813 g/mol. The second kappa shape index (κ2) is 21.4. The number of anilines is 4. The Morgan fingerprint density at radius 1 is 0.745 bits per heavy atom. The van der Waals surface area contributed by atoms with Gasteiger partial charge in [-0.1, -0.05) is 63.6 Å². The number of terminal acetylenes is 2. The van der Waals surface area contributed by atoms with Gasteiger partial charge in [-0.3, -0.25) is 20.4 Å². The molecule has 2 N–H and O–H groups in total. The number of halogens is 5. The maximum Gasteiger partial charge on any atom is 0.419 e. The van der Waals surface area contributed by atoms with Crippen molar-refractivity contribution >= 4 is 74.7 Å². The van der Waals surface area contributed by atoms with Gasteiger partial charge in [0.25, 0.3) is 0 Å². The van der Waals surface area contributed by atoms with Crippen molar-refractivity contribution in [1.29, 1.82) is 0 Å². The van der Waals surface area contributed by atoms with Crippen LogP contribution in [0.1, 0.15) is 5.56 Å². The van der Waals surface area contributed by atoms with Gasteiger partial charge in [-0.25, -0.2) is 19.2 Å². The van der Waals surface area contributed by atoms with Crippen LogP contribution in [0.4, 0.5) is 55.1 Å². The largest absolute Gasteiger partial charge is 0.436 e. The summed E-state index contributed by atoms with van der Waals surface area (Å²) in [4.78, 5) is 50.2. The van der Waals surface area contributed by atoms with E-state index < -0.39 is 36.1 Å². The van der Waals surface area contributed by atoms with Crippen molar-refractivity contribution in [2.45, 2.75) is 6.18 Å². The Bertz CT molecular complexity index is 2050. The van der Waals surface area contributed by atoms with Crippen LogP contribution in [-0.4, -0.2) is 56.5 Å². The lowest BCUT2D eigenvalue weighted by Crippen LogP contribution is -2.35. The lowest BCUT2D eigenvalue weighted by atomic mass is 10.2. The van der Waals surface area contributed by atoms with E-state index in [0.717, 1.165) is 17.0 Å². The highest BCUT2D eigenvalue weighted by atomic mass is 79.9. The first-order valence-corrected chi connectivity index (χ1v) is 17.1. The van der Waals surface area contributed by atoms with E-state index in [0.29, 0.717) is 28.3 Å². The van der Waals surface area contributed by atoms with Crippen LogP contribution in [0.15, 0.2) is 97.1 Å². The SMILES string of the molecule is C#CCOC(=O)Nc1cccc(OC(=O)N(C)c2cccc(C(F)(F)F)c2)c1.C#CCOC(=O)Nc1cccc(OC(=O)N(CCBr)c2cccc(Cl)c2)c1. The summed E-state index contributed by atoms with van der Waals surface area (Å²) in [5, 5.41) is 5.95. The highest BCUT2D eigenvalue weighted by Gasteiger charge is 2.31. The second-order valence-corrected chi connectivity index (χ2v) is 11.8. The molecule has 17 heteroatoms. The Hall–Kier alpha value is -6.36. The van der Waals surface area contributed by atoms with Gasteiger partial charge in [0, 0.05) is 58.8 Å². The molecule has 55 heavy (non-hydrogen) atoms. The normalized spacial score (nSPS) is 10.2. The van der Waals surface area contributed by atoms with Crippen molar-refractivity contribution in [1.82, 2.24) is 0 Å². The van der Waals surface area contributed by atoms with Crippen molar-refractivity contribution in [2.24, 2.45) is 0 Å². The Kier molecular flexibility index (Phi) is 16.7. The topological polar surface area (TPSA) is 136 Å². The Morgan fingerprint density at radius 3 is 1.76 bits per heavy atom. The van der Waals surface area contributed by atoms with Crippen LogP contribution in [0.5, 0.6) is 11.5 Å². The molecule has 12 nitrogen and oxygen atoms in total. The number of benzene rings is 4. The number of nitrogens with zero attached hydrogens (tertiary/aromatic N) is 2. The fraction of sp³-hybridized carbons (Fsp3) is 0.158. The van der Waals surface area contributed by atoms with Crippen LogP contribution in [0.3, 0.4) is 0 Å². The van der Waals surface area contributed by atoms with E-state index in [1.165, 1.54) is 54.4 Å². The molecule has 0 saturated heterocycles. The van der Waals surface area contributed by atoms with Crippen molar-refractivity contribution in [3.63, 3.8) is 0 Å². The number of ether oxygens (including phenoxy) is 4. The van der Waals surface area contributed by atoms with Gasteiger partial charge in [0.15, 0.2) is 13.2 Å². The zero-order valence-electron chi connectivity index (χ0n) is 28.8. The summed E-state index contributed by atoms with van der Waals surface area (Å²) in [5.41, 5.74) is 0.401. The van der Waals surface area contributed by atoms with Crippen molar-refractivity contribution in [2.75, 3.05) is 52.6 Å². The summed E-state index contributed by atoms with van der Waals surface area (Å²) in [5.74, 6) is 4.66. The number of amides is 4. The summed E-state index contributed by atoms with van der Waals surface area (Å²) in [7, 11) is 1.27. The molecule has 0 radical (unpaired) electrons. The molecule has 0 aliphatic heterocycles. The average molecular weight is 844 g/mol. The quantitative estimate of drug-likeness (QED) is 0.119. The minimum absolute atomic E-state index is 0.00645. The lowest BCUT2D eigenvalue weighted by molar-refractivity contribution is -0.137. The zero-order valence-corrected chi connectivity index (χ0v) is 31.1.